The molecule has 0 amide bonds. The molecule has 0 spiro atoms. The molecule has 0 saturated carbocycles. The van der Waals surface area contributed by atoms with E-state index in [9.17, 15) is 8.42 Å². The number of hydrogen-bond acceptors (Lipinski definition) is 5. The largest absolute Gasteiger partial charge is 0.466 e. The lowest BCUT2D eigenvalue weighted by Crippen LogP contribution is -2.43. The molecule has 8 nitrogen and oxygen atoms in total. The zero-order chi connectivity index (χ0) is 12.4. The van der Waals surface area contributed by atoms with Crippen LogP contribution in [0.3, 0.4) is 0 Å². The highest BCUT2D eigenvalue weighted by molar-refractivity contribution is 7.90. The Kier molecular flexibility index (Phi) is 3.38. The predicted molar refractivity (Wildman–Crippen MR) is 58.4 cm³/mol. The van der Waals surface area contributed by atoms with Crippen LogP contribution in [0.1, 0.15) is 20.8 Å². The molecular formula is C7H15N5O3S. The van der Waals surface area contributed by atoms with Gasteiger partial charge in [0.15, 0.2) is 0 Å². The zero-order valence-electron chi connectivity index (χ0n) is 9.53. The molecule has 0 aliphatic rings. The number of nitrogens with one attached hydrogen (secondary N) is 3. The van der Waals surface area contributed by atoms with Gasteiger partial charge < -0.3 is 4.74 Å². The molecule has 0 saturated heterocycles. The van der Waals surface area contributed by atoms with Gasteiger partial charge in [-0.2, -0.15) is 18.1 Å². The Bertz CT molecular complexity index is 447. The number of rotatable bonds is 4. The van der Waals surface area contributed by atoms with E-state index >= 15 is 0 Å². The summed E-state index contributed by atoms with van der Waals surface area (Å²) >= 11 is 0. The van der Waals surface area contributed by atoms with Gasteiger partial charge in [0.1, 0.15) is 0 Å². The van der Waals surface area contributed by atoms with E-state index in [1.165, 1.54) is 7.11 Å². The van der Waals surface area contributed by atoms with Crippen LogP contribution in [0.2, 0.25) is 0 Å². The van der Waals surface area contributed by atoms with E-state index in [-0.39, 0.29) is 12.0 Å². The third kappa shape index (κ3) is 4.03. The molecule has 0 unspecified atom stereocenters. The maximum Gasteiger partial charge on any atom is 0.336 e. The molecule has 16 heavy (non-hydrogen) atoms. The fraction of sp³-hybridized carbons (Fsp3) is 0.714. The van der Waals surface area contributed by atoms with Crippen LogP contribution in [0.4, 0.5) is 5.95 Å². The minimum Gasteiger partial charge on any atom is -0.466 e. The first-order chi connectivity index (χ1) is 7.22. The summed E-state index contributed by atoms with van der Waals surface area (Å²) in [6.07, 6.45) is 0. The van der Waals surface area contributed by atoms with Crippen LogP contribution in [0, 0.1) is 0 Å². The topological polar surface area (TPSA) is 109 Å². The van der Waals surface area contributed by atoms with E-state index < -0.39 is 15.7 Å². The maximum absolute atomic E-state index is 11.6. The molecule has 0 atom stereocenters. The summed E-state index contributed by atoms with van der Waals surface area (Å²) in [4.78, 5) is 3.72. The van der Waals surface area contributed by atoms with Gasteiger partial charge in [0.2, 0.25) is 5.95 Å². The van der Waals surface area contributed by atoms with Crippen LogP contribution in [-0.4, -0.2) is 36.2 Å². The van der Waals surface area contributed by atoms with Crippen LogP contribution >= 0.6 is 0 Å². The second-order valence-corrected chi connectivity index (χ2v) is 5.54. The van der Waals surface area contributed by atoms with Crippen molar-refractivity contribution in [3.8, 4) is 6.01 Å². The quantitative estimate of drug-likeness (QED) is 0.688. The summed E-state index contributed by atoms with van der Waals surface area (Å²) < 4.78 is 32.4. The maximum atomic E-state index is 11.6. The van der Waals surface area contributed by atoms with Crippen molar-refractivity contribution in [3.63, 3.8) is 0 Å². The lowest BCUT2D eigenvalue weighted by molar-refractivity contribution is 0.382. The van der Waals surface area contributed by atoms with Crippen molar-refractivity contribution < 1.29 is 13.2 Å². The number of anilines is 1. The SMILES string of the molecule is COc1n[nH]c(NS(=O)(=O)NC(C)(C)C)n1. The van der Waals surface area contributed by atoms with E-state index in [1.54, 1.807) is 20.8 Å². The van der Waals surface area contributed by atoms with Gasteiger partial charge in [-0.05, 0) is 20.8 Å². The van der Waals surface area contributed by atoms with Crippen molar-refractivity contribution in [2.75, 3.05) is 11.8 Å². The number of ether oxygens (including phenoxy) is 1. The molecular weight excluding hydrogens is 234 g/mol. The minimum absolute atomic E-state index is 0.00593. The van der Waals surface area contributed by atoms with E-state index in [0.29, 0.717) is 0 Å². The summed E-state index contributed by atoms with van der Waals surface area (Å²) in [6, 6.07) is 0.0634. The summed E-state index contributed by atoms with van der Waals surface area (Å²) in [6.45, 7) is 5.19. The molecule has 0 aromatic carbocycles. The molecule has 3 N–H and O–H groups in total. The van der Waals surface area contributed by atoms with Crippen LogP contribution < -0.4 is 14.2 Å². The third-order valence-electron chi connectivity index (χ3n) is 1.32. The lowest BCUT2D eigenvalue weighted by Gasteiger charge is -2.19. The Morgan fingerprint density at radius 3 is 2.44 bits per heavy atom. The number of methoxy groups -OCH3 is 1. The van der Waals surface area contributed by atoms with E-state index in [1.807, 2.05) is 0 Å². The van der Waals surface area contributed by atoms with Crippen LogP contribution in [0.25, 0.3) is 0 Å². The first-order valence-corrected chi connectivity index (χ1v) is 5.98. The summed E-state index contributed by atoms with van der Waals surface area (Å²) in [7, 11) is -2.29. The number of aromatic amines is 1. The molecule has 0 aliphatic heterocycles. The van der Waals surface area contributed by atoms with Gasteiger partial charge >= 0.3 is 16.2 Å². The second kappa shape index (κ2) is 4.26. The van der Waals surface area contributed by atoms with Gasteiger partial charge in [0.05, 0.1) is 7.11 Å². The number of aromatic nitrogens is 3. The van der Waals surface area contributed by atoms with Crippen molar-refractivity contribution in [1.29, 1.82) is 0 Å². The molecule has 1 rings (SSSR count). The number of hydrogen-bond donors (Lipinski definition) is 3. The number of H-pyrrole nitrogens is 1. The summed E-state index contributed by atoms with van der Waals surface area (Å²) in [5, 5.41) is 5.98. The van der Waals surface area contributed by atoms with Crippen LogP contribution in [-0.2, 0) is 10.2 Å². The average molecular weight is 249 g/mol. The molecule has 92 valence electrons. The van der Waals surface area contributed by atoms with Crippen molar-refractivity contribution in [2.45, 2.75) is 26.3 Å². The number of nitrogens with zero attached hydrogens (tertiary/aromatic N) is 2. The second-order valence-electron chi connectivity index (χ2n) is 4.13. The fourth-order valence-electron chi connectivity index (χ4n) is 0.939. The lowest BCUT2D eigenvalue weighted by atomic mass is 10.1. The van der Waals surface area contributed by atoms with Crippen molar-refractivity contribution >= 4 is 16.2 Å². The zero-order valence-corrected chi connectivity index (χ0v) is 10.3. The molecule has 9 heteroatoms. The predicted octanol–water partition coefficient (Wildman–Crippen LogP) is -0.142. The van der Waals surface area contributed by atoms with Gasteiger partial charge in [-0.3, -0.25) is 0 Å². The van der Waals surface area contributed by atoms with Gasteiger partial charge in [-0.15, -0.1) is 5.10 Å². The Morgan fingerprint density at radius 2 is 2.00 bits per heavy atom. The smallest absolute Gasteiger partial charge is 0.336 e. The van der Waals surface area contributed by atoms with Gasteiger partial charge in [0.25, 0.3) is 0 Å². The molecule has 1 heterocycles. The Balaban J connectivity index is 2.73. The molecule has 0 aliphatic carbocycles. The van der Waals surface area contributed by atoms with Gasteiger partial charge in [-0.25, -0.2) is 9.82 Å². The molecule has 1 aromatic rings. The van der Waals surface area contributed by atoms with Crippen LogP contribution in [0.15, 0.2) is 0 Å². The molecule has 1 aromatic heterocycles. The van der Waals surface area contributed by atoms with Crippen LogP contribution in [0.5, 0.6) is 6.01 Å². The van der Waals surface area contributed by atoms with Gasteiger partial charge in [-0.1, -0.05) is 0 Å². The van der Waals surface area contributed by atoms with Crippen molar-refractivity contribution in [3.05, 3.63) is 0 Å². The van der Waals surface area contributed by atoms with E-state index in [2.05, 4.69) is 24.6 Å². The Labute approximate surface area is 94.0 Å². The Morgan fingerprint density at radius 1 is 1.38 bits per heavy atom. The summed E-state index contributed by atoms with van der Waals surface area (Å²) in [5.74, 6) is -0.00593. The Hall–Kier alpha value is -1.35. The summed E-state index contributed by atoms with van der Waals surface area (Å²) in [5.41, 5.74) is -0.573. The normalized spacial score (nSPS) is 12.5. The molecule has 0 bridgehead atoms. The van der Waals surface area contributed by atoms with Gasteiger partial charge in [0, 0.05) is 5.54 Å². The van der Waals surface area contributed by atoms with Crippen molar-refractivity contribution in [1.82, 2.24) is 19.9 Å². The highest BCUT2D eigenvalue weighted by Crippen LogP contribution is 2.08. The molecule has 0 radical (unpaired) electrons. The minimum atomic E-state index is -3.68. The average Bonchev–Trinajstić information content (AvgIpc) is 2.46. The monoisotopic (exact) mass is 249 g/mol. The highest BCUT2D eigenvalue weighted by Gasteiger charge is 2.20. The van der Waals surface area contributed by atoms with E-state index in [4.69, 9.17) is 4.74 Å². The van der Waals surface area contributed by atoms with E-state index in [0.717, 1.165) is 0 Å². The standard InChI is InChI=1S/C7H15N5O3S/c1-7(2,3)12-16(13,14)11-5-8-6(15-4)10-9-5/h12H,1-4H3,(H2,8,9,10,11). The first kappa shape index (κ1) is 12.7. The third-order valence-corrected chi connectivity index (χ3v) is 2.66. The fourth-order valence-corrected chi connectivity index (χ4v) is 2.14. The highest BCUT2D eigenvalue weighted by atomic mass is 32.2. The van der Waals surface area contributed by atoms with Crippen molar-refractivity contribution in [2.24, 2.45) is 0 Å². The molecule has 0 fully saturated rings. The first-order valence-electron chi connectivity index (χ1n) is 4.50.